The van der Waals surface area contributed by atoms with E-state index in [0.717, 1.165) is 6.20 Å². The SMILES string of the molecule is COc1ccc(S(=O)(=O)NC2(C(=O)O)CCOC2)cn1. The van der Waals surface area contributed by atoms with Crippen molar-refractivity contribution < 1.29 is 27.8 Å². The molecule has 20 heavy (non-hydrogen) atoms. The molecular weight excluding hydrogens is 288 g/mol. The van der Waals surface area contributed by atoms with Crippen molar-refractivity contribution in [2.24, 2.45) is 0 Å². The van der Waals surface area contributed by atoms with E-state index < -0.39 is 21.5 Å². The van der Waals surface area contributed by atoms with Crippen molar-refractivity contribution in [1.82, 2.24) is 9.71 Å². The minimum absolute atomic E-state index is 0.0746. The van der Waals surface area contributed by atoms with E-state index in [0.29, 0.717) is 0 Å². The van der Waals surface area contributed by atoms with Crippen LogP contribution in [0.4, 0.5) is 0 Å². The Hall–Kier alpha value is -1.71. The Morgan fingerprint density at radius 1 is 1.55 bits per heavy atom. The number of carboxylic acids is 1. The second-order valence-electron chi connectivity index (χ2n) is 4.33. The molecule has 0 aliphatic carbocycles. The van der Waals surface area contributed by atoms with Crippen LogP contribution < -0.4 is 9.46 Å². The first-order chi connectivity index (χ1) is 9.39. The molecule has 1 fully saturated rings. The third-order valence-electron chi connectivity index (χ3n) is 2.99. The van der Waals surface area contributed by atoms with Gasteiger partial charge in [-0.15, -0.1) is 0 Å². The van der Waals surface area contributed by atoms with Gasteiger partial charge in [0.05, 0.1) is 19.9 Å². The maximum absolute atomic E-state index is 12.2. The van der Waals surface area contributed by atoms with Crippen molar-refractivity contribution in [3.05, 3.63) is 18.3 Å². The van der Waals surface area contributed by atoms with E-state index in [1.165, 1.54) is 19.2 Å². The second kappa shape index (κ2) is 5.35. The molecule has 0 bridgehead atoms. The fourth-order valence-electron chi connectivity index (χ4n) is 1.82. The Morgan fingerprint density at radius 2 is 2.30 bits per heavy atom. The first-order valence-electron chi connectivity index (χ1n) is 5.75. The third-order valence-corrected chi connectivity index (χ3v) is 4.51. The van der Waals surface area contributed by atoms with Crippen LogP contribution in [-0.4, -0.2) is 50.3 Å². The number of rotatable bonds is 5. The Kier molecular flexibility index (Phi) is 3.93. The molecule has 2 N–H and O–H groups in total. The van der Waals surface area contributed by atoms with E-state index in [-0.39, 0.29) is 30.4 Å². The van der Waals surface area contributed by atoms with E-state index in [4.69, 9.17) is 9.47 Å². The minimum atomic E-state index is -4.00. The van der Waals surface area contributed by atoms with Gasteiger partial charge >= 0.3 is 5.97 Å². The highest BCUT2D eigenvalue weighted by atomic mass is 32.2. The van der Waals surface area contributed by atoms with E-state index in [1.807, 2.05) is 0 Å². The number of aliphatic carboxylic acids is 1. The zero-order valence-electron chi connectivity index (χ0n) is 10.7. The lowest BCUT2D eigenvalue weighted by Gasteiger charge is -2.23. The molecule has 2 rings (SSSR count). The summed E-state index contributed by atoms with van der Waals surface area (Å²) in [5.41, 5.74) is -1.63. The van der Waals surface area contributed by atoms with Gasteiger partial charge in [0.1, 0.15) is 4.90 Å². The molecule has 1 atom stereocenters. The zero-order chi connectivity index (χ0) is 14.8. The van der Waals surface area contributed by atoms with Crippen LogP contribution >= 0.6 is 0 Å². The molecular formula is C11H14N2O6S. The monoisotopic (exact) mass is 302 g/mol. The highest BCUT2D eigenvalue weighted by Crippen LogP contribution is 2.22. The lowest BCUT2D eigenvalue weighted by Crippen LogP contribution is -2.54. The number of ether oxygens (including phenoxy) is 2. The van der Waals surface area contributed by atoms with E-state index >= 15 is 0 Å². The predicted molar refractivity (Wildman–Crippen MR) is 66.9 cm³/mol. The zero-order valence-corrected chi connectivity index (χ0v) is 11.5. The van der Waals surface area contributed by atoms with Gasteiger partial charge in [0.15, 0.2) is 5.54 Å². The van der Waals surface area contributed by atoms with Crippen molar-refractivity contribution in [3.63, 3.8) is 0 Å². The summed E-state index contributed by atoms with van der Waals surface area (Å²) in [6.45, 7) is -0.0131. The lowest BCUT2D eigenvalue weighted by atomic mass is 10.0. The van der Waals surface area contributed by atoms with Crippen molar-refractivity contribution in [2.75, 3.05) is 20.3 Å². The summed E-state index contributed by atoms with van der Waals surface area (Å²) in [5.74, 6) is -0.999. The van der Waals surface area contributed by atoms with Gasteiger partial charge in [0.2, 0.25) is 15.9 Å². The second-order valence-corrected chi connectivity index (χ2v) is 6.01. The number of aromatic nitrogens is 1. The van der Waals surface area contributed by atoms with Gasteiger partial charge in [0.25, 0.3) is 0 Å². The van der Waals surface area contributed by atoms with Crippen LogP contribution in [0, 0.1) is 0 Å². The smallest absolute Gasteiger partial charge is 0.327 e. The number of carbonyl (C=O) groups is 1. The summed E-state index contributed by atoms with van der Waals surface area (Å²) in [4.78, 5) is 14.9. The topological polar surface area (TPSA) is 115 Å². The standard InChI is InChI=1S/C11H14N2O6S/c1-18-9-3-2-8(6-12-9)20(16,17)13-11(10(14)15)4-5-19-7-11/h2-3,6,13H,4-5,7H2,1H3,(H,14,15). The van der Waals surface area contributed by atoms with Gasteiger partial charge in [0, 0.05) is 19.1 Å². The van der Waals surface area contributed by atoms with Crippen LogP contribution in [0.5, 0.6) is 5.88 Å². The van der Waals surface area contributed by atoms with E-state index in [2.05, 4.69) is 9.71 Å². The van der Waals surface area contributed by atoms with Crippen LogP contribution in [0.15, 0.2) is 23.2 Å². The quantitative estimate of drug-likeness (QED) is 0.761. The number of hydrogen-bond acceptors (Lipinski definition) is 6. The number of methoxy groups -OCH3 is 1. The summed E-state index contributed by atoms with van der Waals surface area (Å²) in [6, 6.07) is 2.67. The molecule has 0 amide bonds. The largest absolute Gasteiger partial charge is 0.481 e. The normalized spacial score (nSPS) is 22.6. The highest BCUT2D eigenvalue weighted by Gasteiger charge is 2.46. The molecule has 1 unspecified atom stereocenters. The molecule has 0 aromatic carbocycles. The van der Waals surface area contributed by atoms with Crippen LogP contribution in [0.25, 0.3) is 0 Å². The molecule has 0 saturated carbocycles. The average Bonchev–Trinajstić information content (AvgIpc) is 2.88. The third kappa shape index (κ3) is 2.74. The summed E-state index contributed by atoms with van der Waals surface area (Å²) >= 11 is 0. The Balaban J connectivity index is 2.27. The molecule has 1 aliphatic heterocycles. The molecule has 110 valence electrons. The number of nitrogens with zero attached hydrogens (tertiary/aromatic N) is 1. The number of pyridine rings is 1. The Bertz CT molecular complexity index is 592. The number of nitrogens with one attached hydrogen (secondary N) is 1. The average molecular weight is 302 g/mol. The summed E-state index contributed by atoms with van der Waals surface area (Å²) < 4.78 is 36.4. The molecule has 1 saturated heterocycles. The first kappa shape index (κ1) is 14.7. The van der Waals surface area contributed by atoms with Gasteiger partial charge in [-0.1, -0.05) is 0 Å². The van der Waals surface area contributed by atoms with Crippen molar-refractivity contribution in [2.45, 2.75) is 16.9 Å². The number of hydrogen-bond donors (Lipinski definition) is 2. The van der Waals surface area contributed by atoms with E-state index in [1.54, 1.807) is 0 Å². The molecule has 8 nitrogen and oxygen atoms in total. The summed E-state index contributed by atoms with van der Waals surface area (Å²) in [7, 11) is -2.59. The van der Waals surface area contributed by atoms with Gasteiger partial charge in [-0.2, -0.15) is 4.72 Å². The first-order valence-corrected chi connectivity index (χ1v) is 7.23. The molecule has 0 radical (unpaired) electrons. The summed E-state index contributed by atoms with van der Waals surface area (Å²) in [5, 5.41) is 9.21. The highest BCUT2D eigenvalue weighted by molar-refractivity contribution is 7.89. The lowest BCUT2D eigenvalue weighted by molar-refractivity contribution is -0.144. The van der Waals surface area contributed by atoms with Crippen LogP contribution in [0.3, 0.4) is 0 Å². The summed E-state index contributed by atoms with van der Waals surface area (Å²) in [6.07, 6.45) is 1.18. The van der Waals surface area contributed by atoms with Gasteiger partial charge in [-0.3, -0.25) is 4.79 Å². The molecule has 0 spiro atoms. The van der Waals surface area contributed by atoms with Gasteiger partial charge < -0.3 is 14.6 Å². The van der Waals surface area contributed by atoms with Crippen LogP contribution in [0.2, 0.25) is 0 Å². The van der Waals surface area contributed by atoms with Crippen molar-refractivity contribution >= 4 is 16.0 Å². The molecule has 2 heterocycles. The fourth-order valence-corrected chi connectivity index (χ4v) is 3.14. The number of sulfonamides is 1. The molecule has 1 aliphatic rings. The van der Waals surface area contributed by atoms with Crippen molar-refractivity contribution in [3.8, 4) is 5.88 Å². The maximum atomic E-state index is 12.2. The fraction of sp³-hybridized carbons (Fsp3) is 0.455. The Labute approximate surface area is 115 Å². The van der Waals surface area contributed by atoms with E-state index in [9.17, 15) is 18.3 Å². The maximum Gasteiger partial charge on any atom is 0.327 e. The molecule has 9 heteroatoms. The van der Waals surface area contributed by atoms with Gasteiger partial charge in [-0.25, -0.2) is 13.4 Å². The predicted octanol–water partition coefficient (Wildman–Crippen LogP) is -0.388. The number of carboxylic acid groups (broad SMARTS) is 1. The van der Waals surface area contributed by atoms with Gasteiger partial charge in [-0.05, 0) is 6.07 Å². The molecule has 1 aromatic rings. The molecule has 1 aromatic heterocycles. The van der Waals surface area contributed by atoms with Crippen LogP contribution in [0.1, 0.15) is 6.42 Å². The minimum Gasteiger partial charge on any atom is -0.481 e. The Morgan fingerprint density at radius 3 is 2.75 bits per heavy atom. The van der Waals surface area contributed by atoms with Crippen molar-refractivity contribution in [1.29, 1.82) is 0 Å². The van der Waals surface area contributed by atoms with Crippen LogP contribution in [-0.2, 0) is 19.6 Å².